The Hall–Kier alpha value is -1.10. The van der Waals surface area contributed by atoms with Crippen LogP contribution < -0.4 is 15.2 Å². The highest BCUT2D eigenvalue weighted by Gasteiger charge is 2.30. The van der Waals surface area contributed by atoms with E-state index in [2.05, 4.69) is 10.0 Å². The van der Waals surface area contributed by atoms with Crippen molar-refractivity contribution in [2.24, 2.45) is 5.14 Å². The molecular formula is C9H13N3O4S3. The van der Waals surface area contributed by atoms with Crippen molar-refractivity contribution in [3.63, 3.8) is 0 Å². The van der Waals surface area contributed by atoms with Crippen LogP contribution >= 0.6 is 11.3 Å². The molecular weight excluding hydrogens is 310 g/mol. The van der Waals surface area contributed by atoms with Crippen molar-refractivity contribution < 1.29 is 16.8 Å². The maximum Gasteiger partial charge on any atom is 0.271 e. The molecule has 0 atom stereocenters. The van der Waals surface area contributed by atoms with E-state index in [4.69, 9.17) is 5.14 Å². The molecule has 1 aliphatic heterocycles. The summed E-state index contributed by atoms with van der Waals surface area (Å²) in [5, 5.41) is 8.07. The van der Waals surface area contributed by atoms with Crippen LogP contribution in [0.5, 0.6) is 0 Å². The Morgan fingerprint density at radius 1 is 1.47 bits per heavy atom. The topological polar surface area (TPSA) is 118 Å². The molecule has 1 aromatic heterocycles. The van der Waals surface area contributed by atoms with Crippen molar-refractivity contribution in [2.75, 3.05) is 6.54 Å². The molecule has 1 aromatic rings. The number of thiophene rings is 1. The molecule has 0 aliphatic carbocycles. The maximum absolute atomic E-state index is 11.8. The summed E-state index contributed by atoms with van der Waals surface area (Å²) in [6.07, 6.45) is 2.17. The van der Waals surface area contributed by atoms with Crippen LogP contribution in [0.15, 0.2) is 20.7 Å². The van der Waals surface area contributed by atoms with Gasteiger partial charge in [-0.05, 0) is 12.5 Å². The first-order valence-corrected chi connectivity index (χ1v) is 9.23. The first-order chi connectivity index (χ1) is 8.75. The molecule has 10 heteroatoms. The fraction of sp³-hybridized carbons (Fsp3) is 0.333. The van der Waals surface area contributed by atoms with Gasteiger partial charge in [0.05, 0.1) is 5.70 Å². The van der Waals surface area contributed by atoms with Gasteiger partial charge < -0.3 is 5.32 Å². The molecule has 2 heterocycles. The van der Waals surface area contributed by atoms with Crippen molar-refractivity contribution in [3.05, 3.63) is 17.8 Å². The average molecular weight is 323 g/mol. The van der Waals surface area contributed by atoms with E-state index in [-0.39, 0.29) is 8.42 Å². The number of hydrogen-bond donors (Lipinski definition) is 3. The van der Waals surface area contributed by atoms with E-state index in [1.165, 1.54) is 12.3 Å². The van der Waals surface area contributed by atoms with Crippen LogP contribution in [-0.4, -0.2) is 23.4 Å². The second-order valence-corrected chi connectivity index (χ2v) is 8.67. The van der Waals surface area contributed by atoms with Gasteiger partial charge in [0, 0.05) is 18.3 Å². The highest BCUT2D eigenvalue weighted by molar-refractivity contribution is 7.94. The van der Waals surface area contributed by atoms with Gasteiger partial charge in [0.1, 0.15) is 4.21 Å². The molecule has 106 valence electrons. The zero-order chi connectivity index (χ0) is 14.3. The minimum absolute atomic E-state index is 0.0439. The number of nitrogens with two attached hydrogens (primary N) is 1. The van der Waals surface area contributed by atoms with Crippen molar-refractivity contribution >= 4 is 37.1 Å². The Labute approximate surface area is 115 Å². The van der Waals surface area contributed by atoms with Crippen molar-refractivity contribution in [2.45, 2.75) is 21.8 Å². The molecule has 0 unspecified atom stereocenters. The SMILES string of the molecule is CCCNC1=CNS(=O)(=O)c2sc(S(N)(=O)=O)cc21. The third-order valence-corrected chi connectivity index (χ3v) is 6.81. The highest BCUT2D eigenvalue weighted by atomic mass is 32.3. The number of rotatable bonds is 4. The first-order valence-electron chi connectivity index (χ1n) is 5.39. The van der Waals surface area contributed by atoms with Crippen molar-refractivity contribution in [1.29, 1.82) is 0 Å². The summed E-state index contributed by atoms with van der Waals surface area (Å²) < 4.78 is 48.3. The standard InChI is InChI=1S/C9H13N3O4S3/c1-2-3-11-7-5-12-19(15,16)9-6(7)4-8(17-9)18(10,13)14/h4-5,11-12H,2-3H2,1H3,(H2,10,13,14). The van der Waals surface area contributed by atoms with Crippen LogP contribution in [0.4, 0.5) is 0 Å². The first kappa shape index (κ1) is 14.3. The second-order valence-electron chi connectivity index (χ2n) is 3.92. The lowest BCUT2D eigenvalue weighted by Gasteiger charge is -2.16. The number of primary sulfonamides is 1. The molecule has 2 rings (SSSR count). The lowest BCUT2D eigenvalue weighted by Crippen LogP contribution is -2.26. The number of sulfonamides is 2. The van der Waals surface area contributed by atoms with E-state index in [1.807, 2.05) is 6.92 Å². The monoisotopic (exact) mass is 323 g/mol. The molecule has 0 amide bonds. The number of hydrogen-bond acceptors (Lipinski definition) is 6. The van der Waals surface area contributed by atoms with E-state index in [0.29, 0.717) is 29.1 Å². The number of fused-ring (bicyclic) bond motifs is 1. The maximum atomic E-state index is 11.8. The molecule has 0 spiro atoms. The van der Waals surface area contributed by atoms with Crippen LogP contribution in [0.1, 0.15) is 18.9 Å². The summed E-state index contributed by atoms with van der Waals surface area (Å²) in [5.74, 6) is 0. The van der Waals surface area contributed by atoms with Crippen LogP contribution in [0, 0.1) is 0 Å². The van der Waals surface area contributed by atoms with Crippen molar-refractivity contribution in [3.8, 4) is 0 Å². The van der Waals surface area contributed by atoms with Crippen LogP contribution in [0.25, 0.3) is 5.70 Å². The molecule has 7 nitrogen and oxygen atoms in total. The molecule has 0 bridgehead atoms. The zero-order valence-corrected chi connectivity index (χ0v) is 12.5. The Balaban J connectivity index is 2.56. The highest BCUT2D eigenvalue weighted by Crippen LogP contribution is 2.35. The summed E-state index contributed by atoms with van der Waals surface area (Å²) in [4.78, 5) is 0. The summed E-state index contributed by atoms with van der Waals surface area (Å²) in [6, 6.07) is 1.28. The van der Waals surface area contributed by atoms with Gasteiger partial charge in [-0.1, -0.05) is 6.92 Å². The van der Waals surface area contributed by atoms with E-state index < -0.39 is 20.0 Å². The zero-order valence-electron chi connectivity index (χ0n) is 10.0. The Morgan fingerprint density at radius 2 is 2.16 bits per heavy atom. The van der Waals surface area contributed by atoms with Gasteiger partial charge in [-0.3, -0.25) is 4.72 Å². The van der Waals surface area contributed by atoms with Crippen LogP contribution in [-0.2, 0) is 20.0 Å². The van der Waals surface area contributed by atoms with E-state index >= 15 is 0 Å². The third kappa shape index (κ3) is 2.76. The minimum atomic E-state index is -3.92. The molecule has 4 N–H and O–H groups in total. The lowest BCUT2D eigenvalue weighted by atomic mass is 10.2. The normalized spacial score (nSPS) is 17.3. The van der Waals surface area contributed by atoms with Gasteiger partial charge in [-0.15, -0.1) is 11.3 Å². The predicted octanol–water partition coefficient (Wildman–Crippen LogP) is -0.0146. The Bertz CT molecular complexity index is 731. The molecule has 0 radical (unpaired) electrons. The van der Waals surface area contributed by atoms with Gasteiger partial charge in [-0.25, -0.2) is 22.0 Å². The van der Waals surface area contributed by atoms with Gasteiger partial charge in [-0.2, -0.15) is 0 Å². The van der Waals surface area contributed by atoms with Crippen molar-refractivity contribution in [1.82, 2.24) is 10.0 Å². The quantitative estimate of drug-likeness (QED) is 0.720. The lowest BCUT2D eigenvalue weighted by molar-refractivity contribution is 0.591. The van der Waals surface area contributed by atoms with Gasteiger partial charge in [0.15, 0.2) is 4.21 Å². The third-order valence-electron chi connectivity index (χ3n) is 2.41. The largest absolute Gasteiger partial charge is 0.383 e. The Kier molecular flexibility index (Phi) is 3.60. The second kappa shape index (κ2) is 4.78. The number of nitrogens with one attached hydrogen (secondary N) is 2. The van der Waals surface area contributed by atoms with E-state index in [0.717, 1.165) is 6.42 Å². The van der Waals surface area contributed by atoms with Gasteiger partial charge >= 0.3 is 0 Å². The summed E-state index contributed by atoms with van der Waals surface area (Å²) in [6.45, 7) is 2.61. The molecule has 0 fully saturated rings. The molecule has 1 aliphatic rings. The molecule has 19 heavy (non-hydrogen) atoms. The predicted molar refractivity (Wildman–Crippen MR) is 72.3 cm³/mol. The van der Waals surface area contributed by atoms with E-state index in [1.54, 1.807) is 0 Å². The average Bonchev–Trinajstić information content (AvgIpc) is 2.74. The fourth-order valence-corrected chi connectivity index (χ4v) is 5.04. The fourth-order valence-electron chi connectivity index (χ4n) is 1.55. The van der Waals surface area contributed by atoms with Gasteiger partial charge in [0.25, 0.3) is 10.0 Å². The van der Waals surface area contributed by atoms with Crippen LogP contribution in [0.2, 0.25) is 0 Å². The smallest absolute Gasteiger partial charge is 0.271 e. The van der Waals surface area contributed by atoms with E-state index in [9.17, 15) is 16.8 Å². The Morgan fingerprint density at radius 3 is 2.74 bits per heavy atom. The van der Waals surface area contributed by atoms with Crippen LogP contribution in [0.3, 0.4) is 0 Å². The summed E-state index contributed by atoms with van der Waals surface area (Å²) in [5.41, 5.74) is 0.874. The summed E-state index contributed by atoms with van der Waals surface area (Å²) >= 11 is 0.642. The molecule has 0 saturated carbocycles. The van der Waals surface area contributed by atoms with Gasteiger partial charge in [0.2, 0.25) is 10.0 Å². The summed E-state index contributed by atoms with van der Waals surface area (Å²) in [7, 11) is -7.63. The molecule has 0 aromatic carbocycles. The molecule has 0 saturated heterocycles. The minimum Gasteiger partial charge on any atom is -0.383 e.